The van der Waals surface area contributed by atoms with Gasteiger partial charge in [-0.15, -0.1) is 0 Å². The Labute approximate surface area is 102 Å². The lowest BCUT2D eigenvalue weighted by Gasteiger charge is -2.16. The summed E-state index contributed by atoms with van der Waals surface area (Å²) in [6, 6.07) is 2.32. The summed E-state index contributed by atoms with van der Waals surface area (Å²) in [5.74, 6) is 0. The molecule has 0 fully saturated rings. The van der Waals surface area contributed by atoms with Crippen molar-refractivity contribution in [2.24, 2.45) is 0 Å². The lowest BCUT2D eigenvalue weighted by Crippen LogP contribution is -2.21. The van der Waals surface area contributed by atoms with Gasteiger partial charge in [-0.1, -0.05) is 6.92 Å². The van der Waals surface area contributed by atoms with E-state index in [1.807, 2.05) is 23.7 Å². The SMILES string of the molecule is CCCNC(C)c1cnc2cc(C)nn2c1C. The van der Waals surface area contributed by atoms with E-state index in [-0.39, 0.29) is 0 Å². The molecule has 2 aromatic rings. The van der Waals surface area contributed by atoms with Crippen LogP contribution in [0.25, 0.3) is 5.65 Å². The molecule has 17 heavy (non-hydrogen) atoms. The minimum atomic E-state index is 0.316. The number of rotatable bonds is 4. The number of nitrogens with zero attached hydrogens (tertiary/aromatic N) is 3. The molecule has 2 heterocycles. The lowest BCUT2D eigenvalue weighted by atomic mass is 10.1. The number of nitrogens with one attached hydrogen (secondary N) is 1. The van der Waals surface area contributed by atoms with Crippen molar-refractivity contribution in [2.75, 3.05) is 6.54 Å². The first kappa shape index (κ1) is 12.0. The van der Waals surface area contributed by atoms with E-state index in [9.17, 15) is 0 Å². The van der Waals surface area contributed by atoms with E-state index >= 15 is 0 Å². The number of hydrogen-bond donors (Lipinski definition) is 1. The van der Waals surface area contributed by atoms with Crippen LogP contribution in [0.3, 0.4) is 0 Å². The normalized spacial score (nSPS) is 13.2. The highest BCUT2D eigenvalue weighted by atomic mass is 15.3. The van der Waals surface area contributed by atoms with Gasteiger partial charge < -0.3 is 5.32 Å². The average Bonchev–Trinajstić information content (AvgIpc) is 2.68. The Morgan fingerprint density at radius 1 is 1.41 bits per heavy atom. The van der Waals surface area contributed by atoms with Crippen LogP contribution in [0.2, 0.25) is 0 Å². The van der Waals surface area contributed by atoms with Crippen molar-refractivity contribution in [3.05, 3.63) is 29.2 Å². The van der Waals surface area contributed by atoms with Gasteiger partial charge in [-0.3, -0.25) is 0 Å². The van der Waals surface area contributed by atoms with E-state index in [0.717, 1.165) is 24.3 Å². The fraction of sp³-hybridized carbons (Fsp3) is 0.538. The van der Waals surface area contributed by atoms with Gasteiger partial charge in [0.15, 0.2) is 5.65 Å². The first-order chi connectivity index (χ1) is 8.13. The van der Waals surface area contributed by atoms with Gasteiger partial charge in [-0.2, -0.15) is 5.10 Å². The van der Waals surface area contributed by atoms with E-state index in [4.69, 9.17) is 0 Å². The maximum atomic E-state index is 4.46. The van der Waals surface area contributed by atoms with Crippen LogP contribution in [0.5, 0.6) is 0 Å². The van der Waals surface area contributed by atoms with E-state index < -0.39 is 0 Å². The van der Waals surface area contributed by atoms with Gasteiger partial charge in [-0.25, -0.2) is 9.50 Å². The second-order valence-electron chi connectivity index (χ2n) is 4.53. The van der Waals surface area contributed by atoms with Gasteiger partial charge in [0.1, 0.15) is 0 Å². The number of aromatic nitrogens is 3. The predicted molar refractivity (Wildman–Crippen MR) is 69.2 cm³/mol. The Kier molecular flexibility index (Phi) is 3.43. The summed E-state index contributed by atoms with van der Waals surface area (Å²) in [5, 5.41) is 7.94. The summed E-state index contributed by atoms with van der Waals surface area (Å²) in [6.45, 7) is 9.46. The van der Waals surface area contributed by atoms with Crippen LogP contribution in [0.15, 0.2) is 12.3 Å². The maximum absolute atomic E-state index is 4.46. The fourth-order valence-corrected chi connectivity index (χ4v) is 2.07. The summed E-state index contributed by atoms with van der Waals surface area (Å²) >= 11 is 0. The Morgan fingerprint density at radius 2 is 2.18 bits per heavy atom. The highest BCUT2D eigenvalue weighted by molar-refractivity contribution is 5.42. The van der Waals surface area contributed by atoms with E-state index in [1.54, 1.807) is 0 Å². The standard InChI is InChI=1S/C13H20N4/c1-5-6-14-10(3)12-8-15-13-7-9(2)16-17(13)11(12)4/h7-8,10,14H,5-6H2,1-4H3. The van der Waals surface area contributed by atoms with Crippen molar-refractivity contribution in [1.82, 2.24) is 19.9 Å². The van der Waals surface area contributed by atoms with Gasteiger partial charge in [0.05, 0.1) is 5.69 Å². The van der Waals surface area contributed by atoms with Crippen molar-refractivity contribution in [2.45, 2.75) is 40.2 Å². The van der Waals surface area contributed by atoms with Crippen molar-refractivity contribution in [3.8, 4) is 0 Å². The van der Waals surface area contributed by atoms with Crippen LogP contribution >= 0.6 is 0 Å². The Hall–Kier alpha value is -1.42. The van der Waals surface area contributed by atoms with Crippen molar-refractivity contribution >= 4 is 5.65 Å². The molecule has 2 aromatic heterocycles. The van der Waals surface area contributed by atoms with Gasteiger partial charge in [-0.05, 0) is 33.7 Å². The molecule has 0 spiro atoms. The van der Waals surface area contributed by atoms with Crippen LogP contribution in [0.1, 0.15) is 43.3 Å². The molecule has 4 nitrogen and oxygen atoms in total. The first-order valence-corrected chi connectivity index (χ1v) is 6.18. The topological polar surface area (TPSA) is 42.2 Å². The van der Waals surface area contributed by atoms with Crippen molar-refractivity contribution in [3.63, 3.8) is 0 Å². The molecule has 1 atom stereocenters. The first-order valence-electron chi connectivity index (χ1n) is 6.18. The summed E-state index contributed by atoms with van der Waals surface area (Å²) in [4.78, 5) is 4.45. The number of hydrogen-bond acceptors (Lipinski definition) is 3. The van der Waals surface area contributed by atoms with Crippen LogP contribution in [-0.4, -0.2) is 21.1 Å². The smallest absolute Gasteiger partial charge is 0.155 e. The van der Waals surface area contributed by atoms with Gasteiger partial charge in [0.2, 0.25) is 0 Å². The predicted octanol–water partition coefficient (Wildman–Crippen LogP) is 2.41. The Morgan fingerprint density at radius 3 is 2.88 bits per heavy atom. The summed E-state index contributed by atoms with van der Waals surface area (Å²) < 4.78 is 1.93. The molecule has 0 aliphatic rings. The minimum Gasteiger partial charge on any atom is -0.310 e. The van der Waals surface area contributed by atoms with Gasteiger partial charge in [0.25, 0.3) is 0 Å². The monoisotopic (exact) mass is 232 g/mol. The molecule has 0 bridgehead atoms. The zero-order chi connectivity index (χ0) is 12.4. The second kappa shape index (κ2) is 4.84. The number of aryl methyl sites for hydroxylation is 2. The molecule has 92 valence electrons. The van der Waals surface area contributed by atoms with Crippen molar-refractivity contribution < 1.29 is 0 Å². The molecule has 0 aromatic carbocycles. The van der Waals surface area contributed by atoms with E-state index in [2.05, 4.69) is 36.2 Å². The van der Waals surface area contributed by atoms with Crippen LogP contribution in [-0.2, 0) is 0 Å². The summed E-state index contributed by atoms with van der Waals surface area (Å²) in [6.07, 6.45) is 3.10. The molecule has 0 saturated heterocycles. The third kappa shape index (κ3) is 2.31. The molecule has 0 aliphatic heterocycles. The Balaban J connectivity index is 2.37. The third-order valence-corrected chi connectivity index (χ3v) is 3.05. The molecule has 0 aliphatic carbocycles. The highest BCUT2D eigenvalue weighted by Crippen LogP contribution is 2.17. The summed E-state index contributed by atoms with van der Waals surface area (Å²) in [5.41, 5.74) is 4.31. The fourth-order valence-electron chi connectivity index (χ4n) is 2.07. The molecular formula is C13H20N4. The molecule has 0 amide bonds. The lowest BCUT2D eigenvalue weighted by molar-refractivity contribution is 0.562. The largest absolute Gasteiger partial charge is 0.310 e. The van der Waals surface area contributed by atoms with E-state index in [1.165, 1.54) is 11.3 Å². The molecule has 0 radical (unpaired) electrons. The van der Waals surface area contributed by atoms with Gasteiger partial charge >= 0.3 is 0 Å². The van der Waals surface area contributed by atoms with Crippen LogP contribution in [0.4, 0.5) is 0 Å². The molecule has 2 rings (SSSR count). The highest BCUT2D eigenvalue weighted by Gasteiger charge is 2.12. The third-order valence-electron chi connectivity index (χ3n) is 3.05. The van der Waals surface area contributed by atoms with Crippen LogP contribution in [0, 0.1) is 13.8 Å². The average molecular weight is 232 g/mol. The Bertz CT molecular complexity index is 515. The molecule has 1 unspecified atom stereocenters. The minimum absolute atomic E-state index is 0.316. The zero-order valence-electron chi connectivity index (χ0n) is 11.0. The van der Waals surface area contributed by atoms with Crippen LogP contribution < -0.4 is 5.32 Å². The summed E-state index contributed by atoms with van der Waals surface area (Å²) in [7, 11) is 0. The maximum Gasteiger partial charge on any atom is 0.155 e. The van der Waals surface area contributed by atoms with Gasteiger partial charge in [0, 0.05) is 29.6 Å². The molecular weight excluding hydrogens is 212 g/mol. The second-order valence-corrected chi connectivity index (χ2v) is 4.53. The number of fused-ring (bicyclic) bond motifs is 1. The van der Waals surface area contributed by atoms with E-state index in [0.29, 0.717) is 6.04 Å². The molecule has 4 heteroatoms. The molecule has 0 saturated carbocycles. The zero-order valence-corrected chi connectivity index (χ0v) is 11.0. The van der Waals surface area contributed by atoms with Crippen molar-refractivity contribution in [1.29, 1.82) is 0 Å². The quantitative estimate of drug-likeness (QED) is 0.880. The molecule has 1 N–H and O–H groups in total.